The fourth-order valence-corrected chi connectivity index (χ4v) is 11.0. The lowest BCUT2D eigenvalue weighted by Gasteiger charge is -2.35. The van der Waals surface area contributed by atoms with Crippen LogP contribution >= 0.6 is 11.6 Å². The Morgan fingerprint density at radius 1 is 0.857 bits per heavy atom. The second kappa shape index (κ2) is 7.40. The van der Waals surface area contributed by atoms with Gasteiger partial charge in [-0.05, 0) is 60.4 Å². The zero-order chi connectivity index (χ0) is 26.5. The Morgan fingerprint density at radius 3 is 1.94 bits per heavy atom. The molecule has 0 fully saturated rings. The Morgan fingerprint density at radius 2 is 1.37 bits per heavy atom. The van der Waals surface area contributed by atoms with E-state index in [1.807, 2.05) is 0 Å². The highest BCUT2D eigenvalue weighted by atomic mass is 35.5. The Balaban J connectivity index is 1.99. The van der Waals surface area contributed by atoms with Crippen molar-refractivity contribution >= 4 is 43.0 Å². The van der Waals surface area contributed by atoms with Gasteiger partial charge in [-0.3, -0.25) is 4.79 Å². The van der Waals surface area contributed by atoms with Gasteiger partial charge in [-0.2, -0.15) is 0 Å². The van der Waals surface area contributed by atoms with Crippen molar-refractivity contribution in [3.63, 3.8) is 0 Å². The van der Waals surface area contributed by atoms with Crippen molar-refractivity contribution < 1.29 is 31.2 Å². The van der Waals surface area contributed by atoms with Crippen LogP contribution in [0.15, 0.2) is 34.1 Å². The number of carbonyl (C=O) groups is 2. The normalized spacial score (nSPS) is 24.5. The standard InChI is InChI=1S/C25H27ClO7S2/c1-13-15(8-10-17-19(13)23(3,4)12-34(17,29)30)21(27)25(26)24(5,6)20-14(2)16(22(28)33-7)9-11-18(20)35(25,31)32/h8-11H,12H2,1-7H3. The molecule has 188 valence electrons. The third-order valence-electron chi connectivity index (χ3n) is 7.45. The lowest BCUT2D eigenvalue weighted by molar-refractivity contribution is 0.0599. The molecule has 0 aromatic heterocycles. The number of Topliss-reactive ketones (excluding diaryl/α,β-unsaturated/α-hetero) is 1. The molecule has 1 unspecified atom stereocenters. The van der Waals surface area contributed by atoms with Crippen molar-refractivity contribution in [3.8, 4) is 0 Å². The Bertz CT molecular complexity index is 1550. The van der Waals surface area contributed by atoms with Gasteiger partial charge in [0.05, 0.1) is 28.2 Å². The average Bonchev–Trinajstić information content (AvgIpc) is 3.02. The van der Waals surface area contributed by atoms with Crippen LogP contribution in [0.25, 0.3) is 0 Å². The number of hydrogen-bond acceptors (Lipinski definition) is 7. The highest BCUT2D eigenvalue weighted by Gasteiger charge is 2.67. The molecule has 1 atom stereocenters. The summed E-state index contributed by atoms with van der Waals surface area (Å²) in [5.74, 6) is -1.57. The molecule has 0 N–H and O–H groups in total. The van der Waals surface area contributed by atoms with Crippen LogP contribution in [0.2, 0.25) is 0 Å². The van der Waals surface area contributed by atoms with E-state index < -0.39 is 46.5 Å². The van der Waals surface area contributed by atoms with Crippen LogP contribution in [0, 0.1) is 13.8 Å². The third-order valence-corrected chi connectivity index (χ3v) is 13.2. The van der Waals surface area contributed by atoms with Crippen molar-refractivity contribution in [1.82, 2.24) is 0 Å². The smallest absolute Gasteiger partial charge is 0.338 e. The van der Waals surface area contributed by atoms with Gasteiger partial charge in [0, 0.05) is 16.4 Å². The number of fused-ring (bicyclic) bond motifs is 2. The van der Waals surface area contributed by atoms with E-state index in [2.05, 4.69) is 0 Å². The number of ketones is 1. The van der Waals surface area contributed by atoms with Gasteiger partial charge in [0.15, 0.2) is 9.84 Å². The largest absolute Gasteiger partial charge is 0.465 e. The van der Waals surface area contributed by atoms with Gasteiger partial charge >= 0.3 is 5.97 Å². The molecule has 4 rings (SSSR count). The highest BCUT2D eigenvalue weighted by Crippen LogP contribution is 2.58. The van der Waals surface area contributed by atoms with Gasteiger partial charge in [-0.1, -0.05) is 39.3 Å². The second-order valence-electron chi connectivity index (χ2n) is 10.4. The number of esters is 1. The van der Waals surface area contributed by atoms with Crippen LogP contribution in [0.1, 0.15) is 70.7 Å². The molecular weight excluding hydrogens is 512 g/mol. The van der Waals surface area contributed by atoms with Crippen LogP contribution in [0.3, 0.4) is 0 Å². The van der Waals surface area contributed by atoms with Crippen molar-refractivity contribution in [1.29, 1.82) is 0 Å². The van der Waals surface area contributed by atoms with Crippen LogP contribution < -0.4 is 0 Å². The molecule has 2 aromatic rings. The molecule has 0 radical (unpaired) electrons. The molecular formula is C25H27ClO7S2. The molecule has 7 nitrogen and oxygen atoms in total. The van der Waals surface area contributed by atoms with E-state index in [0.717, 1.165) is 0 Å². The monoisotopic (exact) mass is 538 g/mol. The quantitative estimate of drug-likeness (QED) is 0.329. The Labute approximate surface area is 210 Å². The maximum atomic E-state index is 14.1. The van der Waals surface area contributed by atoms with E-state index in [0.29, 0.717) is 16.7 Å². The number of halogens is 1. The van der Waals surface area contributed by atoms with E-state index in [1.165, 1.54) is 31.4 Å². The lowest BCUT2D eigenvalue weighted by Crippen LogP contribution is -2.50. The molecule has 0 saturated heterocycles. The first-order valence-electron chi connectivity index (χ1n) is 11.0. The van der Waals surface area contributed by atoms with Gasteiger partial charge in [-0.15, -0.1) is 0 Å². The minimum absolute atomic E-state index is 0.0548. The zero-order valence-electron chi connectivity index (χ0n) is 20.6. The first-order chi connectivity index (χ1) is 15.9. The molecule has 2 heterocycles. The van der Waals surface area contributed by atoms with E-state index in [1.54, 1.807) is 41.5 Å². The topological polar surface area (TPSA) is 112 Å². The molecule has 0 aliphatic carbocycles. The summed E-state index contributed by atoms with van der Waals surface area (Å²) >= 11 is 6.92. The lowest BCUT2D eigenvalue weighted by atomic mass is 9.74. The summed E-state index contributed by atoms with van der Waals surface area (Å²) in [4.78, 5) is 26.4. The summed E-state index contributed by atoms with van der Waals surface area (Å²) in [6, 6.07) is 5.35. The van der Waals surface area contributed by atoms with Crippen LogP contribution in [-0.4, -0.2) is 45.7 Å². The molecule has 10 heteroatoms. The van der Waals surface area contributed by atoms with E-state index in [9.17, 15) is 26.4 Å². The summed E-state index contributed by atoms with van der Waals surface area (Å²) in [6.45, 7) is 9.90. The van der Waals surface area contributed by atoms with E-state index >= 15 is 0 Å². The van der Waals surface area contributed by atoms with E-state index in [4.69, 9.17) is 16.3 Å². The summed E-state index contributed by atoms with van der Waals surface area (Å²) in [7, 11) is -6.71. The van der Waals surface area contributed by atoms with Crippen LogP contribution in [-0.2, 0) is 35.2 Å². The van der Waals surface area contributed by atoms with Crippen molar-refractivity contribution in [2.45, 2.75) is 66.4 Å². The number of hydrogen-bond donors (Lipinski definition) is 0. The summed E-state index contributed by atoms with van der Waals surface area (Å²) < 4.78 is 55.5. The molecule has 0 spiro atoms. The molecule has 35 heavy (non-hydrogen) atoms. The number of rotatable bonds is 3. The summed E-state index contributed by atoms with van der Waals surface area (Å²) in [5.41, 5.74) is -0.399. The van der Waals surface area contributed by atoms with Crippen molar-refractivity contribution in [3.05, 3.63) is 57.6 Å². The number of ether oxygens (including phenoxy) is 1. The fourth-order valence-electron chi connectivity index (χ4n) is 5.90. The van der Waals surface area contributed by atoms with Gasteiger partial charge in [-0.25, -0.2) is 21.6 Å². The highest BCUT2D eigenvalue weighted by molar-refractivity contribution is 7.95. The van der Waals surface area contributed by atoms with Gasteiger partial charge in [0.2, 0.25) is 19.8 Å². The minimum atomic E-state index is -4.41. The number of sulfone groups is 2. The average molecular weight is 539 g/mol. The van der Waals surface area contributed by atoms with Gasteiger partial charge < -0.3 is 4.74 Å². The fraction of sp³-hybridized carbons (Fsp3) is 0.440. The molecule has 2 aromatic carbocycles. The predicted octanol–water partition coefficient (Wildman–Crippen LogP) is 4.04. The summed E-state index contributed by atoms with van der Waals surface area (Å²) in [6.07, 6.45) is 0. The number of benzene rings is 2. The Hall–Kier alpha value is -2.23. The first-order valence-corrected chi connectivity index (χ1v) is 14.5. The van der Waals surface area contributed by atoms with Crippen LogP contribution in [0.4, 0.5) is 0 Å². The van der Waals surface area contributed by atoms with Crippen molar-refractivity contribution in [2.24, 2.45) is 0 Å². The number of carbonyl (C=O) groups excluding carboxylic acids is 2. The summed E-state index contributed by atoms with van der Waals surface area (Å²) in [5, 5.41) is 0. The predicted molar refractivity (Wildman–Crippen MR) is 132 cm³/mol. The molecule has 2 aliphatic rings. The third kappa shape index (κ3) is 3.07. The molecule has 0 saturated carbocycles. The molecule has 0 bridgehead atoms. The minimum Gasteiger partial charge on any atom is -0.465 e. The molecule has 0 amide bonds. The first kappa shape index (κ1) is 25.9. The maximum absolute atomic E-state index is 14.1. The van der Waals surface area contributed by atoms with Gasteiger partial charge in [0.1, 0.15) is 0 Å². The maximum Gasteiger partial charge on any atom is 0.338 e. The number of alkyl halides is 1. The Kier molecular flexibility index (Phi) is 5.46. The zero-order valence-corrected chi connectivity index (χ0v) is 23.0. The SMILES string of the molecule is COC(=O)c1ccc2c(c1C)C(C)(C)C(Cl)(C(=O)c1ccc3c(c1C)C(C)(C)CS3(=O)=O)S2(=O)=O. The van der Waals surface area contributed by atoms with E-state index in [-0.39, 0.29) is 32.2 Å². The van der Waals surface area contributed by atoms with Crippen molar-refractivity contribution in [2.75, 3.05) is 12.9 Å². The second-order valence-corrected chi connectivity index (χ2v) is 15.2. The number of methoxy groups -OCH3 is 1. The van der Waals surface area contributed by atoms with Gasteiger partial charge in [0.25, 0.3) is 0 Å². The van der Waals surface area contributed by atoms with Crippen LogP contribution in [0.5, 0.6) is 0 Å². The molecule has 2 aliphatic heterocycles.